The maximum atomic E-state index is 12.8. The molecule has 1 aliphatic rings. The van der Waals surface area contributed by atoms with Gasteiger partial charge in [-0.05, 0) is 44.2 Å². The SMILES string of the molecule is CCOCCn1c(=NC(=O)CS(=O)(=O)CC(=O)Nc2sc3c(c2C(=O)OC)CCCCC3)sc2cc([N+](=O)[O-])ccc21. The summed E-state index contributed by atoms with van der Waals surface area (Å²) in [5.74, 6) is -4.49. The summed E-state index contributed by atoms with van der Waals surface area (Å²) in [4.78, 5) is 53.8. The molecule has 3 aromatic rings. The number of rotatable bonds is 11. The number of thiazole rings is 1. The lowest BCUT2D eigenvalue weighted by Gasteiger charge is -2.08. The third kappa shape index (κ3) is 7.48. The minimum atomic E-state index is -4.23. The molecule has 4 rings (SSSR count). The highest BCUT2D eigenvalue weighted by Gasteiger charge is 2.28. The summed E-state index contributed by atoms with van der Waals surface area (Å²) in [5.41, 5.74) is 1.51. The second-order valence-electron chi connectivity index (χ2n) is 9.49. The van der Waals surface area contributed by atoms with Gasteiger partial charge in [-0.25, -0.2) is 13.2 Å². The van der Waals surface area contributed by atoms with Crippen LogP contribution < -0.4 is 10.1 Å². The number of benzene rings is 1. The van der Waals surface area contributed by atoms with Crippen molar-refractivity contribution >= 4 is 71.2 Å². The van der Waals surface area contributed by atoms with Gasteiger partial charge >= 0.3 is 5.97 Å². The van der Waals surface area contributed by atoms with Crippen molar-refractivity contribution < 1.29 is 37.2 Å². The van der Waals surface area contributed by atoms with Crippen LogP contribution in [0.3, 0.4) is 0 Å². The number of nitrogens with one attached hydrogen (secondary N) is 1. The molecule has 2 heterocycles. The number of non-ortho nitro benzene ring substituents is 1. The van der Waals surface area contributed by atoms with Gasteiger partial charge in [0.15, 0.2) is 14.6 Å². The predicted molar refractivity (Wildman–Crippen MR) is 158 cm³/mol. The number of sulfone groups is 1. The van der Waals surface area contributed by atoms with Gasteiger partial charge in [0.2, 0.25) is 5.91 Å². The Kier molecular flexibility index (Phi) is 10.2. The average Bonchev–Trinajstić information content (AvgIpc) is 3.33. The Hall–Kier alpha value is -3.47. The largest absolute Gasteiger partial charge is 0.465 e. The topological polar surface area (TPSA) is 176 Å². The highest BCUT2D eigenvalue weighted by Crippen LogP contribution is 2.38. The van der Waals surface area contributed by atoms with E-state index in [0.29, 0.717) is 23.2 Å². The van der Waals surface area contributed by atoms with Gasteiger partial charge in [-0.15, -0.1) is 11.3 Å². The average molecular weight is 639 g/mol. The zero-order chi connectivity index (χ0) is 30.4. The number of anilines is 1. The van der Waals surface area contributed by atoms with Crippen LogP contribution in [-0.2, 0) is 48.3 Å². The van der Waals surface area contributed by atoms with Gasteiger partial charge in [0.1, 0.15) is 16.5 Å². The normalized spacial score (nSPS) is 13.9. The maximum Gasteiger partial charge on any atom is 0.341 e. The molecule has 1 N–H and O–H groups in total. The Bertz CT molecular complexity index is 1700. The molecule has 0 radical (unpaired) electrons. The molecular weight excluding hydrogens is 609 g/mol. The summed E-state index contributed by atoms with van der Waals surface area (Å²) in [6, 6.07) is 4.22. The van der Waals surface area contributed by atoms with Gasteiger partial charge in [0, 0.05) is 30.2 Å². The van der Waals surface area contributed by atoms with Crippen molar-refractivity contribution in [3.63, 3.8) is 0 Å². The molecule has 0 saturated heterocycles. The summed E-state index contributed by atoms with van der Waals surface area (Å²) in [6.07, 6.45) is 4.28. The molecule has 0 aliphatic heterocycles. The van der Waals surface area contributed by atoms with Gasteiger partial charge in [0.25, 0.3) is 11.6 Å². The third-order valence-electron chi connectivity index (χ3n) is 6.52. The van der Waals surface area contributed by atoms with Crippen LogP contribution in [0.15, 0.2) is 23.2 Å². The number of nitro benzene ring substituents is 1. The van der Waals surface area contributed by atoms with Crippen LogP contribution in [0.2, 0.25) is 0 Å². The van der Waals surface area contributed by atoms with Crippen molar-refractivity contribution in [2.75, 3.05) is 37.1 Å². The lowest BCUT2D eigenvalue weighted by molar-refractivity contribution is -0.384. The number of esters is 1. The fourth-order valence-corrected chi connectivity index (χ4v) is 8.08. The number of nitro groups is 1. The summed E-state index contributed by atoms with van der Waals surface area (Å²) < 4.78 is 38.0. The van der Waals surface area contributed by atoms with Crippen molar-refractivity contribution in [3.8, 4) is 0 Å². The summed E-state index contributed by atoms with van der Waals surface area (Å²) in [6.45, 7) is 2.83. The molecular formula is C26H30N4O9S3. The molecule has 0 bridgehead atoms. The van der Waals surface area contributed by atoms with E-state index < -0.39 is 44.0 Å². The van der Waals surface area contributed by atoms with Crippen LogP contribution in [0.4, 0.5) is 10.7 Å². The van der Waals surface area contributed by atoms with Crippen LogP contribution in [0.25, 0.3) is 10.2 Å². The van der Waals surface area contributed by atoms with Crippen LogP contribution in [0.5, 0.6) is 0 Å². The molecule has 0 atom stereocenters. The number of hydrogen-bond donors (Lipinski definition) is 1. The first-order valence-corrected chi connectivity index (χ1v) is 16.6. The molecule has 2 amide bonds. The van der Waals surface area contributed by atoms with Crippen LogP contribution >= 0.6 is 22.7 Å². The Labute approximate surface area is 249 Å². The first-order valence-electron chi connectivity index (χ1n) is 13.2. The molecule has 0 unspecified atom stereocenters. The van der Waals surface area contributed by atoms with E-state index >= 15 is 0 Å². The Balaban J connectivity index is 1.53. The number of nitrogens with zero attached hydrogens (tertiary/aromatic N) is 3. The van der Waals surface area contributed by atoms with E-state index in [9.17, 15) is 32.9 Å². The van der Waals surface area contributed by atoms with Crippen LogP contribution in [0, 0.1) is 10.1 Å². The Morgan fingerprint density at radius 1 is 1.14 bits per heavy atom. The smallest absolute Gasteiger partial charge is 0.341 e. The number of aryl methyl sites for hydroxylation is 1. The van der Waals surface area contributed by atoms with E-state index in [1.165, 1.54) is 36.6 Å². The standard InChI is InChI=1S/C26H30N4O9S3/c1-3-39-12-11-29-18-10-9-16(30(34)35)13-20(18)41-26(29)28-22(32)15-42(36,37)14-21(31)27-24-23(25(33)38-2)17-7-5-4-6-8-19(17)40-24/h9-10,13H,3-8,11-12,14-15H2,1-2H3,(H,27,31). The number of aromatic nitrogens is 1. The van der Waals surface area contributed by atoms with Gasteiger partial charge in [-0.1, -0.05) is 17.8 Å². The fraction of sp³-hybridized carbons (Fsp3) is 0.462. The van der Waals surface area contributed by atoms with E-state index in [0.717, 1.165) is 47.5 Å². The molecule has 0 spiro atoms. The highest BCUT2D eigenvalue weighted by molar-refractivity contribution is 7.92. The van der Waals surface area contributed by atoms with Gasteiger partial charge in [0.05, 0.1) is 34.4 Å². The summed E-state index contributed by atoms with van der Waals surface area (Å²) in [5, 5.41) is 14.0. The zero-order valence-electron chi connectivity index (χ0n) is 23.0. The molecule has 16 heteroatoms. The minimum absolute atomic E-state index is 0.135. The number of carbonyl (C=O) groups excluding carboxylic acids is 3. The first-order chi connectivity index (χ1) is 20.0. The molecule has 42 heavy (non-hydrogen) atoms. The monoisotopic (exact) mass is 638 g/mol. The van der Waals surface area contributed by atoms with Crippen molar-refractivity contribution in [2.24, 2.45) is 4.99 Å². The summed E-state index contributed by atoms with van der Waals surface area (Å²) >= 11 is 2.24. The van der Waals surface area contributed by atoms with Crippen molar-refractivity contribution in [1.29, 1.82) is 0 Å². The fourth-order valence-electron chi connectivity index (χ4n) is 4.67. The Morgan fingerprint density at radius 3 is 2.62 bits per heavy atom. The lowest BCUT2D eigenvalue weighted by Crippen LogP contribution is -2.28. The van der Waals surface area contributed by atoms with E-state index in [4.69, 9.17) is 9.47 Å². The Morgan fingerprint density at radius 2 is 1.90 bits per heavy atom. The number of methoxy groups -OCH3 is 1. The number of thiophene rings is 1. The molecule has 226 valence electrons. The number of fused-ring (bicyclic) bond motifs is 2. The van der Waals surface area contributed by atoms with Gasteiger partial charge in [-0.3, -0.25) is 19.7 Å². The van der Waals surface area contributed by atoms with Crippen LogP contribution in [-0.4, -0.2) is 67.5 Å². The highest BCUT2D eigenvalue weighted by atomic mass is 32.2. The predicted octanol–water partition coefficient (Wildman–Crippen LogP) is 3.25. The number of ether oxygens (including phenoxy) is 2. The summed E-state index contributed by atoms with van der Waals surface area (Å²) in [7, 11) is -2.99. The van der Waals surface area contributed by atoms with E-state index in [1.807, 2.05) is 6.92 Å². The number of hydrogen-bond acceptors (Lipinski definition) is 11. The van der Waals surface area contributed by atoms with Crippen molar-refractivity contribution in [2.45, 2.75) is 45.6 Å². The molecule has 0 fully saturated rings. The van der Waals surface area contributed by atoms with Gasteiger partial charge < -0.3 is 19.4 Å². The third-order valence-corrected chi connectivity index (χ3v) is 10.2. The second-order valence-corrected chi connectivity index (χ2v) is 13.7. The van der Waals surface area contributed by atoms with E-state index in [2.05, 4.69) is 10.3 Å². The van der Waals surface area contributed by atoms with Crippen molar-refractivity contribution in [1.82, 2.24) is 4.57 Å². The molecule has 13 nitrogen and oxygen atoms in total. The maximum absolute atomic E-state index is 12.8. The lowest BCUT2D eigenvalue weighted by atomic mass is 10.1. The molecule has 0 saturated carbocycles. The first kappa shape index (κ1) is 31.5. The number of carbonyl (C=O) groups is 3. The van der Waals surface area contributed by atoms with Crippen LogP contribution in [0.1, 0.15) is 47.0 Å². The molecule has 1 aromatic carbocycles. The number of amides is 2. The van der Waals surface area contributed by atoms with Gasteiger partial charge in [-0.2, -0.15) is 4.99 Å². The molecule has 2 aromatic heterocycles. The van der Waals surface area contributed by atoms with E-state index in [1.54, 1.807) is 4.57 Å². The molecule has 1 aliphatic carbocycles. The zero-order valence-corrected chi connectivity index (χ0v) is 25.5. The second kappa shape index (κ2) is 13.7. The minimum Gasteiger partial charge on any atom is -0.465 e. The van der Waals surface area contributed by atoms with E-state index in [-0.39, 0.29) is 34.2 Å². The quantitative estimate of drug-likeness (QED) is 0.109. The van der Waals surface area contributed by atoms with Crippen molar-refractivity contribution in [3.05, 3.63) is 49.1 Å².